The third-order valence-corrected chi connectivity index (χ3v) is 3.80. The van der Waals surface area contributed by atoms with Crippen LogP contribution in [0.15, 0.2) is 23.6 Å². The summed E-state index contributed by atoms with van der Waals surface area (Å²) in [6, 6.07) is 5.46. The van der Waals surface area contributed by atoms with Gasteiger partial charge < -0.3 is 15.8 Å². The second kappa shape index (κ2) is 5.32. The van der Waals surface area contributed by atoms with E-state index in [0.717, 1.165) is 16.8 Å². The van der Waals surface area contributed by atoms with Gasteiger partial charge in [-0.15, -0.1) is 11.3 Å². The molecule has 0 bridgehead atoms. The van der Waals surface area contributed by atoms with Gasteiger partial charge in [-0.3, -0.25) is 4.79 Å². The molecule has 0 aliphatic rings. The van der Waals surface area contributed by atoms with Gasteiger partial charge in [-0.2, -0.15) is 0 Å². The molecule has 1 amide bonds. The highest BCUT2D eigenvalue weighted by Gasteiger charge is 2.11. The Balaban J connectivity index is 2.21. The monoisotopic (exact) mass is 276 g/mol. The molecule has 1 aromatic carbocycles. The van der Waals surface area contributed by atoms with E-state index >= 15 is 0 Å². The maximum Gasteiger partial charge on any atom is 0.265 e. The largest absolute Gasteiger partial charge is 0.496 e. The van der Waals surface area contributed by atoms with Gasteiger partial charge in [0.05, 0.1) is 12.0 Å². The molecule has 0 fully saturated rings. The number of carbonyl (C=O) groups excluding carboxylic acids is 1. The molecule has 0 aliphatic heterocycles. The van der Waals surface area contributed by atoms with Gasteiger partial charge >= 0.3 is 0 Å². The molecule has 0 radical (unpaired) electrons. The fraction of sp³-hybridized carbons (Fsp3) is 0.214. The summed E-state index contributed by atoms with van der Waals surface area (Å²) in [6.07, 6.45) is 0. The van der Waals surface area contributed by atoms with Crippen molar-refractivity contribution in [1.29, 1.82) is 0 Å². The number of nitrogen functional groups attached to an aromatic ring is 1. The SMILES string of the molecule is COc1csc(C(=O)Nc2cc(N)c(C)cc2C)c1. The highest BCUT2D eigenvalue weighted by atomic mass is 32.1. The third kappa shape index (κ3) is 2.88. The number of anilines is 2. The van der Waals surface area contributed by atoms with Gasteiger partial charge in [0.2, 0.25) is 0 Å². The predicted octanol–water partition coefficient (Wildman–Crippen LogP) is 3.21. The lowest BCUT2D eigenvalue weighted by molar-refractivity contribution is 0.103. The molecular formula is C14H16N2O2S. The van der Waals surface area contributed by atoms with E-state index < -0.39 is 0 Å². The lowest BCUT2D eigenvalue weighted by atomic mass is 10.1. The van der Waals surface area contributed by atoms with E-state index in [0.29, 0.717) is 16.3 Å². The van der Waals surface area contributed by atoms with E-state index in [1.165, 1.54) is 11.3 Å². The molecule has 0 aliphatic carbocycles. The van der Waals surface area contributed by atoms with Gasteiger partial charge in [0.25, 0.3) is 5.91 Å². The van der Waals surface area contributed by atoms with Crippen molar-refractivity contribution in [3.63, 3.8) is 0 Å². The van der Waals surface area contributed by atoms with Gasteiger partial charge in [-0.25, -0.2) is 0 Å². The molecule has 0 atom stereocenters. The number of thiophene rings is 1. The first-order valence-electron chi connectivity index (χ1n) is 5.82. The van der Waals surface area contributed by atoms with Crippen LogP contribution in [0.25, 0.3) is 0 Å². The number of nitrogens with one attached hydrogen (secondary N) is 1. The molecule has 19 heavy (non-hydrogen) atoms. The van der Waals surface area contributed by atoms with E-state index in [1.54, 1.807) is 24.6 Å². The number of methoxy groups -OCH3 is 1. The normalized spacial score (nSPS) is 10.3. The van der Waals surface area contributed by atoms with Crippen LogP contribution in [-0.4, -0.2) is 13.0 Å². The zero-order chi connectivity index (χ0) is 14.0. The van der Waals surface area contributed by atoms with Crippen molar-refractivity contribution in [2.24, 2.45) is 0 Å². The highest BCUT2D eigenvalue weighted by Crippen LogP contribution is 2.25. The fourth-order valence-corrected chi connectivity index (χ4v) is 2.48. The van der Waals surface area contributed by atoms with E-state index in [9.17, 15) is 4.79 Å². The minimum absolute atomic E-state index is 0.153. The van der Waals surface area contributed by atoms with Crippen LogP contribution < -0.4 is 15.8 Å². The van der Waals surface area contributed by atoms with Crippen molar-refractivity contribution < 1.29 is 9.53 Å². The average Bonchev–Trinajstić information content (AvgIpc) is 2.84. The van der Waals surface area contributed by atoms with Crippen LogP contribution in [-0.2, 0) is 0 Å². The van der Waals surface area contributed by atoms with Gasteiger partial charge in [0.15, 0.2) is 0 Å². The fourth-order valence-electron chi connectivity index (χ4n) is 1.73. The molecule has 2 aromatic rings. The average molecular weight is 276 g/mol. The standard InChI is InChI=1S/C14H16N2O2S/c1-8-4-9(2)12(6-11(8)15)16-14(17)13-5-10(18-3)7-19-13/h4-7H,15H2,1-3H3,(H,16,17). The number of hydrogen-bond acceptors (Lipinski definition) is 4. The molecule has 3 N–H and O–H groups in total. The summed E-state index contributed by atoms with van der Waals surface area (Å²) >= 11 is 1.35. The summed E-state index contributed by atoms with van der Waals surface area (Å²) in [7, 11) is 1.58. The van der Waals surface area contributed by atoms with Crippen molar-refractivity contribution in [2.75, 3.05) is 18.2 Å². The zero-order valence-corrected chi connectivity index (χ0v) is 11.9. The number of amides is 1. The Bertz CT molecular complexity index is 620. The van der Waals surface area contributed by atoms with Crippen molar-refractivity contribution >= 4 is 28.6 Å². The van der Waals surface area contributed by atoms with Crippen LogP contribution in [0.2, 0.25) is 0 Å². The smallest absolute Gasteiger partial charge is 0.265 e. The Hall–Kier alpha value is -2.01. The molecule has 0 unspecified atom stereocenters. The Kier molecular flexibility index (Phi) is 3.76. The Morgan fingerprint density at radius 3 is 2.63 bits per heavy atom. The minimum Gasteiger partial charge on any atom is -0.496 e. The molecule has 1 heterocycles. The number of carbonyl (C=O) groups is 1. The lowest BCUT2D eigenvalue weighted by Crippen LogP contribution is -2.11. The number of rotatable bonds is 3. The number of aryl methyl sites for hydroxylation is 2. The molecule has 5 heteroatoms. The molecule has 0 spiro atoms. The number of benzene rings is 1. The molecule has 4 nitrogen and oxygen atoms in total. The van der Waals surface area contributed by atoms with E-state index in [1.807, 2.05) is 19.9 Å². The van der Waals surface area contributed by atoms with Crippen LogP contribution in [0.5, 0.6) is 5.75 Å². The Labute approximate surface area is 116 Å². The number of ether oxygens (including phenoxy) is 1. The van der Waals surface area contributed by atoms with Crippen LogP contribution in [0.4, 0.5) is 11.4 Å². The minimum atomic E-state index is -0.153. The second-order valence-corrected chi connectivity index (χ2v) is 5.24. The van der Waals surface area contributed by atoms with Crippen molar-refractivity contribution in [2.45, 2.75) is 13.8 Å². The van der Waals surface area contributed by atoms with Crippen LogP contribution in [0.3, 0.4) is 0 Å². The summed E-state index contributed by atoms with van der Waals surface area (Å²) in [5.74, 6) is 0.537. The van der Waals surface area contributed by atoms with Gasteiger partial charge in [0.1, 0.15) is 5.75 Å². The van der Waals surface area contributed by atoms with Gasteiger partial charge in [-0.05, 0) is 31.0 Å². The lowest BCUT2D eigenvalue weighted by Gasteiger charge is -2.10. The highest BCUT2D eigenvalue weighted by molar-refractivity contribution is 7.12. The van der Waals surface area contributed by atoms with Crippen molar-refractivity contribution in [1.82, 2.24) is 0 Å². The number of hydrogen-bond donors (Lipinski definition) is 2. The van der Waals surface area contributed by atoms with E-state index in [-0.39, 0.29) is 5.91 Å². The summed E-state index contributed by atoms with van der Waals surface area (Å²) < 4.78 is 5.06. The number of nitrogens with two attached hydrogens (primary N) is 1. The van der Waals surface area contributed by atoms with Crippen LogP contribution in [0, 0.1) is 13.8 Å². The summed E-state index contributed by atoms with van der Waals surface area (Å²) in [5.41, 5.74) is 9.27. The van der Waals surface area contributed by atoms with Gasteiger partial charge in [0, 0.05) is 22.8 Å². The Morgan fingerprint density at radius 2 is 2.00 bits per heavy atom. The van der Waals surface area contributed by atoms with Crippen LogP contribution in [0.1, 0.15) is 20.8 Å². The Morgan fingerprint density at radius 1 is 1.26 bits per heavy atom. The van der Waals surface area contributed by atoms with Crippen LogP contribution >= 0.6 is 11.3 Å². The van der Waals surface area contributed by atoms with E-state index in [4.69, 9.17) is 10.5 Å². The summed E-state index contributed by atoms with van der Waals surface area (Å²) in [5, 5.41) is 4.66. The molecule has 2 rings (SSSR count). The molecule has 100 valence electrons. The first kappa shape index (κ1) is 13.4. The van der Waals surface area contributed by atoms with Gasteiger partial charge in [-0.1, -0.05) is 6.07 Å². The van der Waals surface area contributed by atoms with E-state index in [2.05, 4.69) is 5.32 Å². The zero-order valence-electron chi connectivity index (χ0n) is 11.1. The summed E-state index contributed by atoms with van der Waals surface area (Å²) in [6.45, 7) is 3.88. The van der Waals surface area contributed by atoms with Crippen molar-refractivity contribution in [3.8, 4) is 5.75 Å². The molecule has 0 saturated carbocycles. The summed E-state index contributed by atoms with van der Waals surface area (Å²) in [4.78, 5) is 12.7. The van der Waals surface area contributed by atoms with Crippen molar-refractivity contribution in [3.05, 3.63) is 39.6 Å². The second-order valence-electron chi connectivity index (χ2n) is 4.33. The first-order chi connectivity index (χ1) is 9.01. The topological polar surface area (TPSA) is 64.3 Å². The molecular weight excluding hydrogens is 260 g/mol. The quantitative estimate of drug-likeness (QED) is 0.846. The maximum atomic E-state index is 12.1. The third-order valence-electron chi connectivity index (χ3n) is 2.90. The molecule has 0 saturated heterocycles. The maximum absolute atomic E-state index is 12.1. The first-order valence-corrected chi connectivity index (χ1v) is 6.70. The predicted molar refractivity (Wildman–Crippen MR) is 79.2 cm³/mol. The molecule has 1 aromatic heterocycles.